The van der Waals surface area contributed by atoms with Crippen molar-refractivity contribution in [2.45, 2.75) is 78.6 Å². The lowest BCUT2D eigenvalue weighted by Gasteiger charge is -2.50. The minimum absolute atomic E-state index is 0.108. The van der Waals surface area contributed by atoms with Crippen molar-refractivity contribution < 1.29 is 14.0 Å². The molecule has 0 aromatic heterocycles. The van der Waals surface area contributed by atoms with Gasteiger partial charge >= 0.3 is 5.97 Å². The number of esters is 1. The summed E-state index contributed by atoms with van der Waals surface area (Å²) >= 11 is 0. The molecule has 0 amide bonds. The van der Waals surface area contributed by atoms with Gasteiger partial charge in [0.1, 0.15) is 0 Å². The molecule has 3 atom stereocenters. The summed E-state index contributed by atoms with van der Waals surface area (Å²) in [6.07, 6.45) is 8.77. The zero-order chi connectivity index (χ0) is 27.4. The summed E-state index contributed by atoms with van der Waals surface area (Å²) in [4.78, 5) is 11.9. The molecule has 2 aromatic rings. The van der Waals surface area contributed by atoms with Crippen LogP contribution in [0.1, 0.15) is 61.3 Å². The lowest BCUT2D eigenvalue weighted by Crippen LogP contribution is -2.68. The molecule has 0 bridgehead atoms. The van der Waals surface area contributed by atoms with Gasteiger partial charge in [-0.05, 0) is 52.1 Å². The van der Waals surface area contributed by atoms with Crippen LogP contribution in [0.15, 0.2) is 84.5 Å². The molecule has 3 nitrogen and oxygen atoms in total. The molecular formula is C33H42O3Si. The Hall–Kier alpha value is -2.87. The number of carbonyl (C=O) groups is 1. The van der Waals surface area contributed by atoms with E-state index < -0.39 is 14.4 Å². The second-order valence-corrected chi connectivity index (χ2v) is 16.0. The first-order valence-corrected chi connectivity index (χ1v) is 15.1. The first kappa shape index (κ1) is 28.7. The molecule has 0 spiro atoms. The maximum atomic E-state index is 11.9. The number of ether oxygens (including phenoxy) is 1. The van der Waals surface area contributed by atoms with Crippen LogP contribution in [-0.4, -0.2) is 26.5 Å². The van der Waals surface area contributed by atoms with E-state index in [9.17, 15) is 4.79 Å². The standard InChI is InChI=1S/C33H42O3Si/c1-10-29(28-23-22-24(3)31(33(28,8)9)30(11-2)35-25(4)34)36-37(32(5,6)7,26-18-14-12-15-19-26)27-20-16-13-17-21-27/h2,10,12-21,28-30H,1,22-23H2,3-9H3/t28-,29-,30-/m0/s1. The van der Waals surface area contributed by atoms with Crippen LogP contribution in [0.3, 0.4) is 0 Å². The molecule has 196 valence electrons. The molecule has 0 heterocycles. The highest BCUT2D eigenvalue weighted by Crippen LogP contribution is 2.50. The van der Waals surface area contributed by atoms with Crippen molar-refractivity contribution in [3.8, 4) is 12.3 Å². The average Bonchev–Trinajstić information content (AvgIpc) is 2.84. The average molecular weight is 515 g/mol. The van der Waals surface area contributed by atoms with Gasteiger partial charge < -0.3 is 9.16 Å². The maximum Gasteiger partial charge on any atom is 0.304 e. The zero-order valence-corrected chi connectivity index (χ0v) is 24.5. The van der Waals surface area contributed by atoms with E-state index >= 15 is 0 Å². The van der Waals surface area contributed by atoms with Gasteiger partial charge in [-0.3, -0.25) is 4.79 Å². The number of terminal acetylenes is 1. The van der Waals surface area contributed by atoms with Crippen molar-refractivity contribution in [2.75, 3.05) is 0 Å². The van der Waals surface area contributed by atoms with E-state index in [0.717, 1.165) is 18.4 Å². The molecular weight excluding hydrogens is 472 g/mol. The quantitative estimate of drug-likeness (QED) is 0.176. The molecule has 0 N–H and O–H groups in total. The van der Waals surface area contributed by atoms with E-state index in [1.165, 1.54) is 22.9 Å². The second-order valence-electron chi connectivity index (χ2n) is 11.7. The number of rotatable bonds is 8. The molecule has 1 aliphatic rings. The summed E-state index contributed by atoms with van der Waals surface area (Å²) in [5.74, 6) is 2.47. The largest absolute Gasteiger partial charge is 0.445 e. The molecule has 0 fully saturated rings. The summed E-state index contributed by atoms with van der Waals surface area (Å²) in [7, 11) is -2.79. The summed E-state index contributed by atoms with van der Waals surface area (Å²) in [5.41, 5.74) is 1.84. The SMILES string of the molecule is C#C[C@H](OC(C)=O)C1=C(C)CC[C@@H]([C@H](C=C)O[Si](c2ccccc2)(c2ccccc2)C(C)(C)C)C1(C)C. The third-order valence-corrected chi connectivity index (χ3v) is 13.0. The Morgan fingerprint density at radius 2 is 1.62 bits per heavy atom. The van der Waals surface area contributed by atoms with Crippen LogP contribution in [0.5, 0.6) is 0 Å². The molecule has 0 unspecified atom stereocenters. The van der Waals surface area contributed by atoms with Crippen LogP contribution >= 0.6 is 0 Å². The van der Waals surface area contributed by atoms with Crippen LogP contribution in [0.4, 0.5) is 0 Å². The lowest BCUT2D eigenvalue weighted by molar-refractivity contribution is -0.143. The van der Waals surface area contributed by atoms with Gasteiger partial charge in [-0.15, -0.1) is 13.0 Å². The topological polar surface area (TPSA) is 35.5 Å². The highest BCUT2D eigenvalue weighted by Gasteiger charge is 2.54. The Bertz CT molecular complexity index is 1130. The molecule has 2 aromatic carbocycles. The van der Waals surface area contributed by atoms with Gasteiger partial charge in [-0.1, -0.05) is 113 Å². The van der Waals surface area contributed by atoms with Crippen molar-refractivity contribution in [3.05, 3.63) is 84.5 Å². The fourth-order valence-corrected chi connectivity index (χ4v) is 11.0. The third-order valence-electron chi connectivity index (χ3n) is 7.97. The Morgan fingerprint density at radius 3 is 2.03 bits per heavy atom. The molecule has 0 radical (unpaired) electrons. The van der Waals surface area contributed by atoms with Gasteiger partial charge in [0.25, 0.3) is 8.32 Å². The third kappa shape index (κ3) is 5.54. The molecule has 4 heteroatoms. The van der Waals surface area contributed by atoms with Gasteiger partial charge in [0.15, 0.2) is 6.10 Å². The first-order chi connectivity index (χ1) is 17.4. The molecule has 1 aliphatic carbocycles. The van der Waals surface area contributed by atoms with Crippen molar-refractivity contribution >= 4 is 24.7 Å². The predicted octanol–water partition coefficient (Wildman–Crippen LogP) is 6.44. The Kier molecular flexibility index (Phi) is 8.73. The fourth-order valence-electron chi connectivity index (χ4n) is 6.29. The van der Waals surface area contributed by atoms with Crippen molar-refractivity contribution in [3.63, 3.8) is 0 Å². The summed E-state index contributed by atoms with van der Waals surface area (Å²) in [6, 6.07) is 21.4. The lowest BCUT2D eigenvalue weighted by atomic mass is 9.62. The Balaban J connectivity index is 2.16. The molecule has 0 saturated heterocycles. The number of benzene rings is 2. The van der Waals surface area contributed by atoms with Gasteiger partial charge in [0, 0.05) is 6.92 Å². The summed E-state index contributed by atoms with van der Waals surface area (Å²) in [5, 5.41) is 2.33. The minimum atomic E-state index is -2.79. The monoisotopic (exact) mass is 514 g/mol. The van der Waals surface area contributed by atoms with E-state index in [1.54, 1.807) is 0 Å². The van der Waals surface area contributed by atoms with Crippen LogP contribution in [0, 0.1) is 23.7 Å². The Morgan fingerprint density at radius 1 is 1.11 bits per heavy atom. The number of allylic oxidation sites excluding steroid dienone is 1. The van der Waals surface area contributed by atoms with Crippen LogP contribution in [0.25, 0.3) is 0 Å². The highest BCUT2D eigenvalue weighted by molar-refractivity contribution is 6.99. The Labute approximate surface area is 225 Å². The second kappa shape index (κ2) is 11.3. The minimum Gasteiger partial charge on any atom is -0.445 e. The smallest absolute Gasteiger partial charge is 0.304 e. The van der Waals surface area contributed by atoms with Gasteiger partial charge in [-0.2, -0.15) is 0 Å². The van der Waals surface area contributed by atoms with E-state index in [1.807, 2.05) is 6.08 Å². The summed E-state index contributed by atoms with van der Waals surface area (Å²) in [6.45, 7) is 19.1. The van der Waals surface area contributed by atoms with E-state index in [4.69, 9.17) is 15.6 Å². The zero-order valence-electron chi connectivity index (χ0n) is 23.5. The van der Waals surface area contributed by atoms with E-state index in [0.29, 0.717) is 0 Å². The number of hydrogen-bond acceptors (Lipinski definition) is 3. The fraction of sp³-hybridized carbons (Fsp3) is 0.424. The van der Waals surface area contributed by atoms with E-state index in [2.05, 4.69) is 115 Å². The highest BCUT2D eigenvalue weighted by atomic mass is 28.4. The van der Waals surface area contributed by atoms with Crippen molar-refractivity contribution in [2.24, 2.45) is 11.3 Å². The molecule has 0 aliphatic heterocycles. The first-order valence-electron chi connectivity index (χ1n) is 13.1. The number of hydrogen-bond donors (Lipinski definition) is 0. The van der Waals surface area contributed by atoms with Crippen LogP contribution in [0.2, 0.25) is 5.04 Å². The van der Waals surface area contributed by atoms with Crippen LogP contribution in [-0.2, 0) is 14.0 Å². The normalized spacial score (nSPS) is 19.5. The van der Waals surface area contributed by atoms with Gasteiger partial charge in [0.05, 0.1) is 6.10 Å². The maximum absolute atomic E-state index is 11.9. The van der Waals surface area contributed by atoms with Crippen LogP contribution < -0.4 is 10.4 Å². The predicted molar refractivity (Wildman–Crippen MR) is 156 cm³/mol. The summed E-state index contributed by atoms with van der Waals surface area (Å²) < 4.78 is 13.1. The van der Waals surface area contributed by atoms with Gasteiger partial charge in [-0.25, -0.2) is 0 Å². The van der Waals surface area contributed by atoms with Crippen molar-refractivity contribution in [1.82, 2.24) is 0 Å². The molecule has 37 heavy (non-hydrogen) atoms. The van der Waals surface area contributed by atoms with Gasteiger partial charge in [0.2, 0.25) is 0 Å². The molecule has 3 rings (SSSR count). The number of carbonyl (C=O) groups excluding carboxylic acids is 1. The molecule has 0 saturated carbocycles. The van der Waals surface area contributed by atoms with Crippen molar-refractivity contribution in [1.29, 1.82) is 0 Å². The van der Waals surface area contributed by atoms with E-state index in [-0.39, 0.29) is 28.4 Å².